The summed E-state index contributed by atoms with van der Waals surface area (Å²) in [7, 11) is -6.76. The third-order valence-corrected chi connectivity index (χ3v) is 0. The third kappa shape index (κ3) is 1970. The Kier molecular flexibility index (Phi) is 7.04. The van der Waals surface area contributed by atoms with Crippen molar-refractivity contribution >= 4 is 16.3 Å². The van der Waals surface area contributed by atoms with Gasteiger partial charge in [-0.25, -0.2) is 10.1 Å². The molecule has 0 unspecified atom stereocenters. The SMILES string of the molecule is NP(=O)(O)O.OP(O)O. The maximum atomic E-state index is 9.10. The van der Waals surface area contributed by atoms with Gasteiger partial charge in [-0.05, 0) is 0 Å². The number of hydrogen-bond acceptors (Lipinski definition) is 4. The molecule has 0 spiro atoms. The van der Waals surface area contributed by atoms with Gasteiger partial charge < -0.3 is 24.5 Å². The van der Waals surface area contributed by atoms with Gasteiger partial charge in [-0.1, -0.05) is 0 Å². The normalized spacial score (nSPS) is 10.6. The highest BCUT2D eigenvalue weighted by Gasteiger charge is 1.96. The van der Waals surface area contributed by atoms with Crippen molar-refractivity contribution in [2.45, 2.75) is 0 Å². The number of nitrogens with two attached hydrogens (primary N) is 1. The summed E-state index contributed by atoms with van der Waals surface area (Å²) in [4.78, 5) is 36.5. The van der Waals surface area contributed by atoms with Crippen LogP contribution in [0, 0.1) is 0 Å². The zero-order valence-corrected chi connectivity index (χ0v) is 5.90. The van der Waals surface area contributed by atoms with E-state index in [-0.39, 0.29) is 0 Å². The molecule has 0 amide bonds. The zero-order valence-electron chi connectivity index (χ0n) is 4.12. The summed E-state index contributed by atoms with van der Waals surface area (Å²) < 4.78 is 9.10. The van der Waals surface area contributed by atoms with Crippen molar-refractivity contribution in [1.82, 2.24) is 0 Å². The molecule has 0 rings (SSSR count). The molecule has 0 bridgehead atoms. The van der Waals surface area contributed by atoms with Gasteiger partial charge in [-0.15, -0.1) is 0 Å². The molecule has 0 aliphatic heterocycles. The van der Waals surface area contributed by atoms with Crippen LogP contribution in [0.1, 0.15) is 0 Å². The van der Waals surface area contributed by atoms with Crippen molar-refractivity contribution in [3.63, 3.8) is 0 Å². The van der Waals surface area contributed by atoms with Crippen molar-refractivity contribution in [3.8, 4) is 0 Å². The van der Waals surface area contributed by atoms with E-state index in [1.807, 2.05) is 0 Å². The summed E-state index contributed by atoms with van der Waals surface area (Å²) in [6.45, 7) is 0. The summed E-state index contributed by atoms with van der Waals surface area (Å²) >= 11 is 0. The standard InChI is InChI=1S/H4NO3P.H3O3P/c1-5(2,3)4;1-4(2)3/h(H4,1,2,3,4);1-3H. The van der Waals surface area contributed by atoms with E-state index in [4.69, 9.17) is 29.0 Å². The lowest BCUT2D eigenvalue weighted by Gasteiger charge is -1.84. The largest absolute Gasteiger partial charge is 0.397 e. The van der Waals surface area contributed by atoms with Crippen molar-refractivity contribution in [2.75, 3.05) is 0 Å². The molecule has 0 saturated heterocycles. The maximum Gasteiger partial charge on any atom is 0.397 e. The topological polar surface area (TPSA) is 144 Å². The molecule has 0 aromatic heterocycles. The lowest BCUT2D eigenvalue weighted by atomic mass is 13.9. The van der Waals surface area contributed by atoms with Crippen LogP contribution in [0.25, 0.3) is 0 Å². The molecular weight excluding hydrogens is 172 g/mol. The van der Waals surface area contributed by atoms with Gasteiger partial charge in [0.2, 0.25) is 0 Å². The van der Waals surface area contributed by atoms with Gasteiger partial charge in [-0.2, -0.15) is 0 Å². The van der Waals surface area contributed by atoms with Crippen molar-refractivity contribution in [1.29, 1.82) is 0 Å². The van der Waals surface area contributed by atoms with Crippen LogP contribution < -0.4 is 5.50 Å². The molecule has 0 atom stereocenters. The first-order valence-corrected chi connectivity index (χ1v) is 4.32. The fourth-order valence-electron chi connectivity index (χ4n) is 0. The summed E-state index contributed by atoms with van der Waals surface area (Å²) in [6.07, 6.45) is 0. The van der Waals surface area contributed by atoms with E-state index >= 15 is 0 Å². The zero-order chi connectivity index (χ0) is 8.08. The van der Waals surface area contributed by atoms with Crippen LogP contribution in [-0.2, 0) is 4.57 Å². The smallest absolute Gasteiger partial charge is 0.328 e. The molecule has 0 aromatic rings. The van der Waals surface area contributed by atoms with Crippen LogP contribution >= 0.6 is 16.3 Å². The molecule has 0 saturated carbocycles. The van der Waals surface area contributed by atoms with E-state index in [2.05, 4.69) is 5.50 Å². The van der Waals surface area contributed by atoms with Crippen LogP contribution in [0.4, 0.5) is 0 Å². The molecule has 7 N–H and O–H groups in total. The molecular formula is H7NO6P2. The highest BCUT2D eigenvalue weighted by molar-refractivity contribution is 7.49. The maximum absolute atomic E-state index is 9.10. The lowest BCUT2D eigenvalue weighted by molar-refractivity contribution is 0.367. The van der Waals surface area contributed by atoms with Crippen LogP contribution in [-0.4, -0.2) is 24.5 Å². The van der Waals surface area contributed by atoms with Gasteiger partial charge >= 0.3 is 16.3 Å². The Balaban J connectivity index is 0. The van der Waals surface area contributed by atoms with E-state index < -0.39 is 16.3 Å². The Morgan fingerprint density at radius 1 is 1.22 bits per heavy atom. The summed E-state index contributed by atoms with van der Waals surface area (Å²) in [5.74, 6) is 0. The minimum Gasteiger partial charge on any atom is -0.328 e. The van der Waals surface area contributed by atoms with E-state index in [9.17, 15) is 0 Å². The fraction of sp³-hybridized carbons (Fsp3) is 0. The van der Waals surface area contributed by atoms with Crippen molar-refractivity contribution < 1.29 is 29.0 Å². The van der Waals surface area contributed by atoms with Crippen LogP contribution in [0.3, 0.4) is 0 Å². The molecule has 0 aromatic carbocycles. The highest BCUT2D eigenvalue weighted by atomic mass is 31.2. The lowest BCUT2D eigenvalue weighted by Crippen LogP contribution is -1.87. The molecule has 0 fully saturated rings. The van der Waals surface area contributed by atoms with Gasteiger partial charge in [0, 0.05) is 0 Å². The molecule has 0 radical (unpaired) electrons. The second-order valence-electron chi connectivity index (χ2n) is 0.857. The Hall–Kier alpha value is 0.420. The van der Waals surface area contributed by atoms with Crippen molar-refractivity contribution in [2.24, 2.45) is 5.50 Å². The first-order valence-electron chi connectivity index (χ1n) is 1.44. The summed E-state index contributed by atoms with van der Waals surface area (Å²) in [6, 6.07) is 0. The van der Waals surface area contributed by atoms with E-state index in [0.717, 1.165) is 0 Å². The average molecular weight is 179 g/mol. The van der Waals surface area contributed by atoms with Crippen molar-refractivity contribution in [3.05, 3.63) is 0 Å². The van der Waals surface area contributed by atoms with Gasteiger partial charge in [-0.3, -0.25) is 0 Å². The van der Waals surface area contributed by atoms with Gasteiger partial charge in [0.1, 0.15) is 0 Å². The molecule has 9 heavy (non-hydrogen) atoms. The third-order valence-electron chi connectivity index (χ3n) is 0. The second kappa shape index (κ2) is 5.22. The number of hydrogen-bond donors (Lipinski definition) is 6. The highest BCUT2D eigenvalue weighted by Crippen LogP contribution is 2.20. The predicted molar refractivity (Wildman–Crippen MR) is 29.8 cm³/mol. The minimum absolute atomic E-state index is 2.62. The minimum atomic E-state index is -4.14. The van der Waals surface area contributed by atoms with Crippen LogP contribution in [0.5, 0.6) is 0 Å². The Morgan fingerprint density at radius 2 is 1.22 bits per heavy atom. The monoisotopic (exact) mass is 179 g/mol. The first-order chi connectivity index (χ1) is 3.73. The molecule has 7 nitrogen and oxygen atoms in total. The van der Waals surface area contributed by atoms with E-state index in [1.54, 1.807) is 0 Å². The summed E-state index contributed by atoms with van der Waals surface area (Å²) in [5.41, 5.74) is 4.02. The van der Waals surface area contributed by atoms with Gasteiger partial charge in [0.05, 0.1) is 0 Å². The quantitative estimate of drug-likeness (QED) is 0.241. The molecule has 0 aliphatic carbocycles. The second-order valence-corrected chi connectivity index (χ2v) is 2.57. The van der Waals surface area contributed by atoms with Gasteiger partial charge in [0.15, 0.2) is 0 Å². The van der Waals surface area contributed by atoms with E-state index in [0.29, 0.717) is 0 Å². The summed E-state index contributed by atoms with van der Waals surface area (Å²) in [5, 5.41) is 0. The molecule has 0 aliphatic rings. The fourth-order valence-corrected chi connectivity index (χ4v) is 0. The predicted octanol–water partition coefficient (Wildman–Crippen LogP) is -1.77. The van der Waals surface area contributed by atoms with Crippen LogP contribution in [0.2, 0.25) is 0 Å². The first kappa shape index (κ1) is 12.1. The molecule has 58 valence electrons. The van der Waals surface area contributed by atoms with E-state index in [1.165, 1.54) is 0 Å². The van der Waals surface area contributed by atoms with Gasteiger partial charge in [0.25, 0.3) is 0 Å². The average Bonchev–Trinajstić information content (AvgIpc) is 1.19. The van der Waals surface area contributed by atoms with Crippen LogP contribution in [0.15, 0.2) is 0 Å². The Morgan fingerprint density at radius 3 is 1.22 bits per heavy atom. The Labute approximate surface area is 52.0 Å². The Bertz CT molecular complexity index is 82.2. The molecule has 0 heterocycles. The molecule has 9 heteroatoms. The number of rotatable bonds is 0.